The van der Waals surface area contributed by atoms with E-state index in [0.29, 0.717) is 50.2 Å². The van der Waals surface area contributed by atoms with Crippen molar-refractivity contribution < 1.29 is 4.79 Å². The number of hydrogen-bond acceptors (Lipinski definition) is 4. The van der Waals surface area contributed by atoms with Crippen LogP contribution in [0.3, 0.4) is 0 Å². The van der Waals surface area contributed by atoms with Crippen molar-refractivity contribution in [1.29, 1.82) is 0 Å². The van der Waals surface area contributed by atoms with Gasteiger partial charge in [-0.2, -0.15) is 10.2 Å². The van der Waals surface area contributed by atoms with Crippen LogP contribution in [0.2, 0.25) is 15.1 Å². The molecule has 186 valence electrons. The summed E-state index contributed by atoms with van der Waals surface area (Å²) < 4.78 is 3.37. The fourth-order valence-electron chi connectivity index (χ4n) is 4.76. The van der Waals surface area contributed by atoms with Gasteiger partial charge in [-0.05, 0) is 49.1 Å². The Bertz CT molecular complexity index is 1370. The number of hydrogen-bond donors (Lipinski definition) is 1. The highest BCUT2D eigenvalue weighted by molar-refractivity contribution is 6.35. The van der Waals surface area contributed by atoms with Gasteiger partial charge in [0.2, 0.25) is 0 Å². The molecule has 4 aromatic rings. The summed E-state index contributed by atoms with van der Waals surface area (Å²) in [6.45, 7) is 2.48. The number of rotatable bonds is 6. The van der Waals surface area contributed by atoms with Crippen molar-refractivity contribution in [2.45, 2.75) is 45.2 Å². The number of nitrogens with zero attached hydrogens (tertiary/aromatic N) is 5. The first-order valence-electron chi connectivity index (χ1n) is 11.9. The molecule has 5 rings (SSSR count). The molecule has 2 aromatic carbocycles. The summed E-state index contributed by atoms with van der Waals surface area (Å²) in [6.07, 6.45) is 7.43. The van der Waals surface area contributed by atoms with Crippen LogP contribution in [0.5, 0.6) is 0 Å². The Morgan fingerprint density at radius 2 is 1.81 bits per heavy atom. The molecule has 1 amide bonds. The van der Waals surface area contributed by atoms with Crippen molar-refractivity contribution in [2.24, 2.45) is 5.92 Å². The van der Waals surface area contributed by atoms with E-state index in [2.05, 4.69) is 22.3 Å². The molecule has 0 unspecified atom stereocenters. The monoisotopic (exact) mass is 542 g/mol. The van der Waals surface area contributed by atoms with E-state index in [1.165, 1.54) is 12.7 Å². The summed E-state index contributed by atoms with van der Waals surface area (Å²) in [5, 5.41) is 13.9. The maximum Gasteiger partial charge on any atom is 0.272 e. The van der Waals surface area contributed by atoms with Gasteiger partial charge in [-0.1, -0.05) is 66.7 Å². The number of benzene rings is 2. The van der Waals surface area contributed by atoms with Crippen molar-refractivity contribution in [2.75, 3.05) is 0 Å². The van der Waals surface area contributed by atoms with Crippen LogP contribution in [0.1, 0.15) is 48.7 Å². The number of carbonyl (C=O) groups is 1. The van der Waals surface area contributed by atoms with Gasteiger partial charge in [0.15, 0.2) is 5.69 Å². The molecule has 7 nitrogen and oxygen atoms in total. The molecular formula is C26H25Cl3N6O. The molecule has 2 atom stereocenters. The third kappa shape index (κ3) is 5.14. The molecule has 10 heteroatoms. The number of amides is 1. The molecule has 1 fully saturated rings. The van der Waals surface area contributed by atoms with Gasteiger partial charge < -0.3 is 5.32 Å². The van der Waals surface area contributed by atoms with E-state index < -0.39 is 0 Å². The molecule has 0 aliphatic heterocycles. The van der Waals surface area contributed by atoms with Crippen molar-refractivity contribution in [3.63, 3.8) is 0 Å². The second-order valence-corrected chi connectivity index (χ2v) is 10.4. The van der Waals surface area contributed by atoms with Crippen LogP contribution < -0.4 is 5.32 Å². The molecule has 36 heavy (non-hydrogen) atoms. The Hall–Kier alpha value is -2.87. The quantitative estimate of drug-likeness (QED) is 0.303. The maximum absolute atomic E-state index is 13.7. The highest BCUT2D eigenvalue weighted by Crippen LogP contribution is 2.34. The number of carbonyl (C=O) groups excluding carboxylic acids is 1. The zero-order valence-electron chi connectivity index (χ0n) is 19.7. The van der Waals surface area contributed by atoms with Gasteiger partial charge in [0.1, 0.15) is 12.7 Å². The van der Waals surface area contributed by atoms with Gasteiger partial charge in [-0.25, -0.2) is 14.3 Å². The standard InChI is InChI=1S/C26H25Cl3N6O/c1-16-4-2-3-5-22(16)32-26(36)24-20(13-34-15-30-14-31-34)25(17-6-8-18(27)9-7-17)35(33-24)23-11-10-19(28)12-21(23)29/h6-12,14-16,22H,2-5,13H2,1H3,(H,32,36)/t16-,22+/m1/s1. The minimum absolute atomic E-state index is 0.105. The molecule has 0 bridgehead atoms. The van der Waals surface area contributed by atoms with Crippen molar-refractivity contribution >= 4 is 40.7 Å². The van der Waals surface area contributed by atoms with Gasteiger partial charge in [0.05, 0.1) is 22.9 Å². The summed E-state index contributed by atoms with van der Waals surface area (Å²) in [5.41, 5.74) is 3.18. The fourth-order valence-corrected chi connectivity index (χ4v) is 5.37. The lowest BCUT2D eigenvalue weighted by Crippen LogP contribution is -2.41. The molecule has 1 aliphatic rings. The zero-order valence-corrected chi connectivity index (χ0v) is 21.9. The SMILES string of the molecule is C[C@@H]1CCCC[C@@H]1NC(=O)c1nn(-c2ccc(Cl)cc2Cl)c(-c2ccc(Cl)cc2)c1Cn1cncn1. The van der Waals surface area contributed by atoms with Crippen LogP contribution in [0, 0.1) is 5.92 Å². The largest absolute Gasteiger partial charge is 0.348 e. The van der Waals surface area contributed by atoms with Gasteiger partial charge in [0.25, 0.3) is 5.91 Å². The first-order valence-corrected chi connectivity index (χ1v) is 13.0. The van der Waals surface area contributed by atoms with E-state index >= 15 is 0 Å². The normalized spacial score (nSPS) is 17.8. The minimum Gasteiger partial charge on any atom is -0.348 e. The molecule has 0 saturated heterocycles. The highest BCUT2D eigenvalue weighted by Gasteiger charge is 2.29. The molecule has 1 saturated carbocycles. The second-order valence-electron chi connectivity index (χ2n) is 9.12. The van der Waals surface area contributed by atoms with Crippen LogP contribution in [0.15, 0.2) is 55.1 Å². The minimum atomic E-state index is -0.220. The summed E-state index contributed by atoms with van der Waals surface area (Å²) in [6, 6.07) is 12.7. The van der Waals surface area contributed by atoms with E-state index in [9.17, 15) is 4.79 Å². The Morgan fingerprint density at radius 1 is 1.06 bits per heavy atom. The van der Waals surface area contributed by atoms with Gasteiger partial charge in [0, 0.05) is 27.2 Å². The summed E-state index contributed by atoms with van der Waals surface area (Å²) in [5.74, 6) is 0.188. The lowest BCUT2D eigenvalue weighted by Gasteiger charge is -2.29. The van der Waals surface area contributed by atoms with Crippen LogP contribution in [-0.4, -0.2) is 36.5 Å². The van der Waals surface area contributed by atoms with Gasteiger partial charge in [-0.3, -0.25) is 4.79 Å². The number of nitrogens with one attached hydrogen (secondary N) is 1. The molecular weight excluding hydrogens is 519 g/mol. The molecule has 0 spiro atoms. The highest BCUT2D eigenvalue weighted by atomic mass is 35.5. The average Bonchev–Trinajstić information content (AvgIpc) is 3.50. The second kappa shape index (κ2) is 10.6. The lowest BCUT2D eigenvalue weighted by molar-refractivity contribution is 0.0903. The molecule has 2 aromatic heterocycles. The van der Waals surface area contributed by atoms with Crippen LogP contribution in [0.25, 0.3) is 16.9 Å². The topological polar surface area (TPSA) is 77.6 Å². The van der Waals surface area contributed by atoms with Crippen LogP contribution >= 0.6 is 34.8 Å². The van der Waals surface area contributed by atoms with Gasteiger partial charge >= 0.3 is 0 Å². The first-order chi connectivity index (χ1) is 17.4. The zero-order chi connectivity index (χ0) is 25.2. The molecule has 2 heterocycles. The lowest BCUT2D eigenvalue weighted by atomic mass is 9.86. The van der Waals surface area contributed by atoms with E-state index in [4.69, 9.17) is 39.9 Å². The van der Waals surface area contributed by atoms with E-state index in [-0.39, 0.29) is 11.9 Å². The number of aromatic nitrogens is 5. The third-order valence-electron chi connectivity index (χ3n) is 6.67. The molecule has 0 radical (unpaired) electrons. The smallest absolute Gasteiger partial charge is 0.272 e. The number of halogens is 3. The first kappa shape index (κ1) is 24.8. The fraction of sp³-hybridized carbons (Fsp3) is 0.308. The predicted molar refractivity (Wildman–Crippen MR) is 142 cm³/mol. The van der Waals surface area contributed by atoms with E-state index in [1.807, 2.05) is 12.1 Å². The Morgan fingerprint density at radius 3 is 2.50 bits per heavy atom. The molecule has 1 N–H and O–H groups in total. The maximum atomic E-state index is 13.7. The Kier molecular flexibility index (Phi) is 7.32. The third-order valence-corrected chi connectivity index (χ3v) is 7.46. The predicted octanol–water partition coefficient (Wildman–Crippen LogP) is 6.45. The van der Waals surface area contributed by atoms with Crippen molar-refractivity contribution in [3.05, 3.63) is 81.4 Å². The Balaban J connectivity index is 1.68. The van der Waals surface area contributed by atoms with E-state index in [1.54, 1.807) is 46.0 Å². The van der Waals surface area contributed by atoms with Crippen molar-refractivity contribution in [1.82, 2.24) is 29.9 Å². The average molecular weight is 544 g/mol. The van der Waals surface area contributed by atoms with Crippen LogP contribution in [-0.2, 0) is 6.54 Å². The van der Waals surface area contributed by atoms with Crippen LogP contribution in [0.4, 0.5) is 0 Å². The van der Waals surface area contributed by atoms with E-state index in [0.717, 1.165) is 24.8 Å². The Labute approximate surface area is 224 Å². The molecule has 1 aliphatic carbocycles. The summed E-state index contributed by atoms with van der Waals surface area (Å²) in [4.78, 5) is 17.8. The summed E-state index contributed by atoms with van der Waals surface area (Å²) >= 11 is 19.0. The van der Waals surface area contributed by atoms with Crippen molar-refractivity contribution in [3.8, 4) is 16.9 Å². The van der Waals surface area contributed by atoms with Gasteiger partial charge in [-0.15, -0.1) is 0 Å². The summed E-state index contributed by atoms with van der Waals surface area (Å²) in [7, 11) is 0.